The molecular weight excluding hydrogens is 231 g/mol. The summed E-state index contributed by atoms with van der Waals surface area (Å²) in [6.45, 7) is 0. The monoisotopic (exact) mass is 242 g/mol. The van der Waals surface area contributed by atoms with Gasteiger partial charge in [0.05, 0.1) is 12.2 Å². The fourth-order valence-electron chi connectivity index (χ4n) is 1.09. The SMILES string of the molecule is OC1CC[C@@H](I)C(O)C1. The Bertz CT molecular complexity index is 97.1. The van der Waals surface area contributed by atoms with Crippen LogP contribution in [0.15, 0.2) is 0 Å². The lowest BCUT2D eigenvalue weighted by atomic mass is 9.95. The van der Waals surface area contributed by atoms with Gasteiger partial charge in [-0.2, -0.15) is 0 Å². The first-order valence-corrected chi connectivity index (χ1v) is 4.45. The fourth-order valence-corrected chi connectivity index (χ4v) is 1.74. The maximum atomic E-state index is 9.18. The largest absolute Gasteiger partial charge is 0.393 e. The molecule has 0 heterocycles. The molecular formula is C6H11IO2. The molecule has 0 aromatic heterocycles. The quantitative estimate of drug-likeness (QED) is 0.484. The second kappa shape index (κ2) is 3.16. The highest BCUT2D eigenvalue weighted by atomic mass is 127. The van der Waals surface area contributed by atoms with Crippen LogP contribution in [0.25, 0.3) is 0 Å². The Balaban J connectivity index is 2.35. The second-order valence-corrected chi connectivity index (χ2v) is 4.15. The molecule has 0 aromatic rings. The van der Waals surface area contributed by atoms with Gasteiger partial charge >= 0.3 is 0 Å². The van der Waals surface area contributed by atoms with E-state index in [2.05, 4.69) is 22.6 Å². The third-order valence-electron chi connectivity index (χ3n) is 1.71. The van der Waals surface area contributed by atoms with Crippen LogP contribution >= 0.6 is 22.6 Å². The first-order chi connectivity index (χ1) is 4.20. The Morgan fingerprint density at radius 2 is 1.89 bits per heavy atom. The van der Waals surface area contributed by atoms with Crippen LogP contribution in [-0.2, 0) is 0 Å². The standard InChI is InChI=1S/C6H11IO2/c7-5-2-1-4(8)3-6(5)9/h4-6,8-9H,1-3H2/t4?,5-,6?/m1/s1. The van der Waals surface area contributed by atoms with Crippen LogP contribution in [0.4, 0.5) is 0 Å². The van der Waals surface area contributed by atoms with Gasteiger partial charge in [-0.15, -0.1) is 0 Å². The summed E-state index contributed by atoms with van der Waals surface area (Å²) in [5.74, 6) is 0. The summed E-state index contributed by atoms with van der Waals surface area (Å²) in [6.07, 6.45) is 1.82. The van der Waals surface area contributed by atoms with E-state index in [1.54, 1.807) is 0 Å². The van der Waals surface area contributed by atoms with Crippen LogP contribution in [0.5, 0.6) is 0 Å². The molecule has 0 bridgehead atoms. The second-order valence-electron chi connectivity index (χ2n) is 2.55. The third-order valence-corrected chi connectivity index (χ3v) is 3.16. The molecule has 1 aliphatic carbocycles. The minimum absolute atomic E-state index is 0.258. The lowest BCUT2D eigenvalue weighted by Gasteiger charge is -2.26. The van der Waals surface area contributed by atoms with Crippen molar-refractivity contribution in [3.63, 3.8) is 0 Å². The summed E-state index contributed by atoms with van der Waals surface area (Å²) in [5.41, 5.74) is 0. The molecule has 0 radical (unpaired) electrons. The van der Waals surface area contributed by atoms with Crippen molar-refractivity contribution in [3.05, 3.63) is 0 Å². The van der Waals surface area contributed by atoms with E-state index in [1.807, 2.05) is 0 Å². The minimum Gasteiger partial charge on any atom is -0.393 e. The Kier molecular flexibility index (Phi) is 2.73. The number of aliphatic hydroxyl groups excluding tert-OH is 2. The lowest BCUT2D eigenvalue weighted by molar-refractivity contribution is 0.0483. The van der Waals surface area contributed by atoms with Crippen LogP contribution in [0.3, 0.4) is 0 Å². The van der Waals surface area contributed by atoms with Crippen molar-refractivity contribution in [3.8, 4) is 0 Å². The molecule has 2 unspecified atom stereocenters. The fraction of sp³-hybridized carbons (Fsp3) is 1.00. The van der Waals surface area contributed by atoms with Crippen molar-refractivity contribution in [2.45, 2.75) is 35.4 Å². The number of alkyl halides is 1. The molecule has 3 atom stereocenters. The minimum atomic E-state index is -0.283. The summed E-state index contributed by atoms with van der Waals surface area (Å²) in [4.78, 5) is 0. The lowest BCUT2D eigenvalue weighted by Crippen LogP contribution is -2.31. The Labute approximate surface area is 68.4 Å². The summed E-state index contributed by atoms with van der Waals surface area (Å²) in [5, 5.41) is 18.2. The number of hydrogen-bond acceptors (Lipinski definition) is 2. The molecule has 0 aromatic carbocycles. The molecule has 0 saturated heterocycles. The van der Waals surface area contributed by atoms with E-state index in [0.717, 1.165) is 12.8 Å². The van der Waals surface area contributed by atoms with Gasteiger partial charge in [-0.1, -0.05) is 22.6 Å². The zero-order chi connectivity index (χ0) is 6.85. The van der Waals surface area contributed by atoms with Crippen LogP contribution in [0.1, 0.15) is 19.3 Å². The number of hydrogen-bond donors (Lipinski definition) is 2. The highest BCUT2D eigenvalue weighted by Gasteiger charge is 2.25. The van der Waals surface area contributed by atoms with Crippen molar-refractivity contribution in [1.82, 2.24) is 0 Å². The summed E-state index contributed by atoms with van der Waals surface area (Å²) in [7, 11) is 0. The molecule has 1 fully saturated rings. The van der Waals surface area contributed by atoms with Crippen molar-refractivity contribution in [1.29, 1.82) is 0 Å². The summed E-state index contributed by atoms with van der Waals surface area (Å²) < 4.78 is 0.353. The van der Waals surface area contributed by atoms with Crippen LogP contribution < -0.4 is 0 Å². The maximum absolute atomic E-state index is 9.18. The van der Waals surface area contributed by atoms with Gasteiger partial charge in [-0.3, -0.25) is 0 Å². The normalized spacial score (nSPS) is 45.0. The van der Waals surface area contributed by atoms with Gasteiger partial charge in [0.15, 0.2) is 0 Å². The molecule has 54 valence electrons. The molecule has 1 aliphatic rings. The van der Waals surface area contributed by atoms with E-state index in [1.165, 1.54) is 0 Å². The average Bonchev–Trinajstić information content (AvgIpc) is 1.80. The average molecular weight is 242 g/mol. The molecule has 0 spiro atoms. The van der Waals surface area contributed by atoms with Crippen LogP contribution in [-0.4, -0.2) is 26.3 Å². The van der Waals surface area contributed by atoms with Crippen molar-refractivity contribution < 1.29 is 10.2 Å². The van der Waals surface area contributed by atoms with Gasteiger partial charge in [0.1, 0.15) is 0 Å². The van der Waals surface area contributed by atoms with Crippen molar-refractivity contribution in [2.24, 2.45) is 0 Å². The van der Waals surface area contributed by atoms with Gasteiger partial charge in [0.25, 0.3) is 0 Å². The topological polar surface area (TPSA) is 40.5 Å². The zero-order valence-electron chi connectivity index (χ0n) is 5.13. The first-order valence-electron chi connectivity index (χ1n) is 3.20. The molecule has 3 heteroatoms. The molecule has 1 rings (SSSR count). The van der Waals surface area contributed by atoms with E-state index >= 15 is 0 Å². The zero-order valence-corrected chi connectivity index (χ0v) is 7.28. The Morgan fingerprint density at radius 3 is 2.33 bits per heavy atom. The molecule has 2 N–H and O–H groups in total. The van der Waals surface area contributed by atoms with Gasteiger partial charge < -0.3 is 10.2 Å². The number of halogens is 1. The number of rotatable bonds is 0. The molecule has 2 nitrogen and oxygen atoms in total. The van der Waals surface area contributed by atoms with E-state index in [0.29, 0.717) is 10.3 Å². The van der Waals surface area contributed by atoms with E-state index in [4.69, 9.17) is 5.11 Å². The van der Waals surface area contributed by atoms with Gasteiger partial charge in [0.2, 0.25) is 0 Å². The molecule has 0 aliphatic heterocycles. The smallest absolute Gasteiger partial charge is 0.0682 e. The predicted octanol–water partition coefficient (Wildman–Crippen LogP) is 0.696. The van der Waals surface area contributed by atoms with Gasteiger partial charge in [0, 0.05) is 10.3 Å². The van der Waals surface area contributed by atoms with Crippen LogP contribution in [0, 0.1) is 0 Å². The molecule has 9 heavy (non-hydrogen) atoms. The molecule has 0 amide bonds. The third kappa shape index (κ3) is 2.05. The molecule has 1 saturated carbocycles. The summed E-state index contributed by atoms with van der Waals surface area (Å²) >= 11 is 2.23. The predicted molar refractivity (Wildman–Crippen MR) is 43.7 cm³/mol. The van der Waals surface area contributed by atoms with Crippen molar-refractivity contribution in [2.75, 3.05) is 0 Å². The van der Waals surface area contributed by atoms with Crippen molar-refractivity contribution >= 4 is 22.6 Å². The number of aliphatic hydroxyl groups is 2. The highest BCUT2D eigenvalue weighted by molar-refractivity contribution is 14.1. The van der Waals surface area contributed by atoms with Crippen LogP contribution in [0.2, 0.25) is 0 Å². The summed E-state index contributed by atoms with van der Waals surface area (Å²) in [6, 6.07) is 0. The Hall–Kier alpha value is 0.650. The Morgan fingerprint density at radius 1 is 1.22 bits per heavy atom. The van der Waals surface area contributed by atoms with E-state index in [9.17, 15) is 5.11 Å². The maximum Gasteiger partial charge on any atom is 0.0682 e. The first kappa shape index (κ1) is 7.75. The highest BCUT2D eigenvalue weighted by Crippen LogP contribution is 2.24. The van der Waals surface area contributed by atoms with E-state index in [-0.39, 0.29) is 12.2 Å². The van der Waals surface area contributed by atoms with Gasteiger partial charge in [-0.05, 0) is 12.8 Å². The van der Waals surface area contributed by atoms with E-state index < -0.39 is 0 Å². The van der Waals surface area contributed by atoms with Gasteiger partial charge in [-0.25, -0.2) is 0 Å².